The first-order chi connectivity index (χ1) is 12.7. The Balaban J connectivity index is 1.63. The van der Waals surface area contributed by atoms with Crippen LogP contribution in [0.1, 0.15) is 23.9 Å². The molecule has 136 valence electrons. The maximum atomic E-state index is 5.84. The lowest BCUT2D eigenvalue weighted by Gasteiger charge is -2.09. The van der Waals surface area contributed by atoms with Crippen LogP contribution in [0.25, 0.3) is 0 Å². The molecule has 0 saturated carbocycles. The Bertz CT molecular complexity index is 847. The Morgan fingerprint density at radius 1 is 1.04 bits per heavy atom. The summed E-state index contributed by atoms with van der Waals surface area (Å²) in [5.41, 5.74) is 2.56. The van der Waals surface area contributed by atoms with Gasteiger partial charge in [-0.1, -0.05) is 41.6 Å². The number of methoxy groups -OCH3 is 1. The van der Waals surface area contributed by atoms with Gasteiger partial charge in [0.1, 0.15) is 18.1 Å². The minimum Gasteiger partial charge on any atom is -0.497 e. The fourth-order valence-corrected chi connectivity index (χ4v) is 3.58. The Hall–Kier alpha value is -2.47. The van der Waals surface area contributed by atoms with Crippen molar-refractivity contribution in [2.45, 2.75) is 37.9 Å². The molecule has 3 aromatic rings. The average molecular weight is 369 g/mol. The minimum absolute atomic E-state index is 0.387. The molecule has 0 fully saturated rings. The number of hydrogen-bond donors (Lipinski definition) is 0. The van der Waals surface area contributed by atoms with Crippen LogP contribution in [0.15, 0.2) is 53.7 Å². The summed E-state index contributed by atoms with van der Waals surface area (Å²) in [6.07, 6.45) is 0. The van der Waals surface area contributed by atoms with E-state index < -0.39 is 0 Å². The molecule has 1 aromatic heterocycles. The van der Waals surface area contributed by atoms with E-state index in [1.165, 1.54) is 11.1 Å². The molecule has 0 amide bonds. The van der Waals surface area contributed by atoms with E-state index in [4.69, 9.17) is 9.47 Å². The SMILES string of the molecule is CCn1c(COc2ccc(OC)cc2)nnc1SCc1cccc(C)c1. The van der Waals surface area contributed by atoms with Gasteiger partial charge in [0.15, 0.2) is 11.0 Å². The number of hydrogen-bond acceptors (Lipinski definition) is 5. The first-order valence-electron chi connectivity index (χ1n) is 8.57. The highest BCUT2D eigenvalue weighted by Crippen LogP contribution is 2.23. The predicted octanol–water partition coefficient (Wildman–Crippen LogP) is 4.49. The molecule has 0 aliphatic carbocycles. The van der Waals surface area contributed by atoms with Crippen molar-refractivity contribution in [2.24, 2.45) is 0 Å². The smallest absolute Gasteiger partial charge is 0.191 e. The largest absolute Gasteiger partial charge is 0.497 e. The van der Waals surface area contributed by atoms with Crippen molar-refractivity contribution in [3.05, 3.63) is 65.5 Å². The van der Waals surface area contributed by atoms with E-state index >= 15 is 0 Å². The van der Waals surface area contributed by atoms with E-state index in [0.717, 1.165) is 34.8 Å². The molecule has 0 atom stereocenters. The van der Waals surface area contributed by atoms with Crippen molar-refractivity contribution in [3.8, 4) is 11.5 Å². The average Bonchev–Trinajstić information content (AvgIpc) is 3.07. The minimum atomic E-state index is 0.387. The molecule has 0 unspecified atom stereocenters. The highest BCUT2D eigenvalue weighted by Gasteiger charge is 2.12. The summed E-state index contributed by atoms with van der Waals surface area (Å²) in [6, 6.07) is 16.1. The summed E-state index contributed by atoms with van der Waals surface area (Å²) in [4.78, 5) is 0. The van der Waals surface area contributed by atoms with Gasteiger partial charge in [-0.25, -0.2) is 0 Å². The lowest BCUT2D eigenvalue weighted by molar-refractivity contribution is 0.287. The quantitative estimate of drug-likeness (QED) is 0.548. The van der Waals surface area contributed by atoms with E-state index in [1.807, 2.05) is 24.3 Å². The molecule has 0 N–H and O–H groups in total. The molecule has 3 rings (SSSR count). The van der Waals surface area contributed by atoms with Gasteiger partial charge in [0.2, 0.25) is 0 Å². The predicted molar refractivity (Wildman–Crippen MR) is 104 cm³/mol. The number of nitrogens with zero attached hydrogens (tertiary/aromatic N) is 3. The lowest BCUT2D eigenvalue weighted by atomic mass is 10.2. The molecule has 0 radical (unpaired) electrons. The topological polar surface area (TPSA) is 49.2 Å². The van der Waals surface area contributed by atoms with Crippen LogP contribution < -0.4 is 9.47 Å². The Morgan fingerprint density at radius 2 is 1.81 bits per heavy atom. The van der Waals surface area contributed by atoms with Gasteiger partial charge in [0.25, 0.3) is 0 Å². The van der Waals surface area contributed by atoms with Crippen LogP contribution in [0.4, 0.5) is 0 Å². The third kappa shape index (κ3) is 4.58. The van der Waals surface area contributed by atoms with Gasteiger partial charge in [0, 0.05) is 12.3 Å². The molecule has 2 aromatic carbocycles. The van der Waals surface area contributed by atoms with Crippen LogP contribution in [0.5, 0.6) is 11.5 Å². The maximum Gasteiger partial charge on any atom is 0.191 e. The van der Waals surface area contributed by atoms with E-state index in [1.54, 1.807) is 18.9 Å². The first-order valence-corrected chi connectivity index (χ1v) is 9.55. The second kappa shape index (κ2) is 8.76. The zero-order valence-corrected chi connectivity index (χ0v) is 16.1. The van der Waals surface area contributed by atoms with Crippen molar-refractivity contribution < 1.29 is 9.47 Å². The van der Waals surface area contributed by atoms with E-state index in [-0.39, 0.29) is 0 Å². The third-order valence-corrected chi connectivity index (χ3v) is 5.03. The van der Waals surface area contributed by atoms with Crippen molar-refractivity contribution in [1.82, 2.24) is 14.8 Å². The molecular weight excluding hydrogens is 346 g/mol. The number of benzene rings is 2. The number of aryl methyl sites for hydroxylation is 1. The maximum absolute atomic E-state index is 5.84. The molecule has 0 spiro atoms. The third-order valence-electron chi connectivity index (χ3n) is 3.99. The van der Waals surface area contributed by atoms with E-state index in [0.29, 0.717) is 6.61 Å². The number of thioether (sulfide) groups is 1. The Labute approximate surface area is 158 Å². The summed E-state index contributed by atoms with van der Waals surface area (Å²) < 4.78 is 13.1. The summed E-state index contributed by atoms with van der Waals surface area (Å²) in [5, 5.41) is 9.57. The lowest BCUT2D eigenvalue weighted by Crippen LogP contribution is -2.07. The van der Waals surface area contributed by atoms with Gasteiger partial charge >= 0.3 is 0 Å². The zero-order valence-electron chi connectivity index (χ0n) is 15.3. The molecule has 1 heterocycles. The highest BCUT2D eigenvalue weighted by molar-refractivity contribution is 7.98. The molecule has 0 saturated heterocycles. The summed E-state index contributed by atoms with van der Waals surface area (Å²) in [5.74, 6) is 3.29. The highest BCUT2D eigenvalue weighted by atomic mass is 32.2. The van der Waals surface area contributed by atoms with Gasteiger partial charge in [-0.05, 0) is 43.7 Å². The van der Waals surface area contributed by atoms with Crippen LogP contribution >= 0.6 is 11.8 Å². The number of ether oxygens (including phenoxy) is 2. The van der Waals surface area contributed by atoms with Crippen LogP contribution in [0.3, 0.4) is 0 Å². The summed E-state index contributed by atoms with van der Waals surface area (Å²) in [6.45, 7) is 5.40. The second-order valence-electron chi connectivity index (χ2n) is 5.88. The molecule has 0 bridgehead atoms. The molecule has 5 nitrogen and oxygen atoms in total. The van der Waals surface area contributed by atoms with Crippen molar-refractivity contribution in [2.75, 3.05) is 7.11 Å². The normalized spacial score (nSPS) is 10.7. The number of rotatable bonds is 8. The first kappa shape index (κ1) is 18.3. The van der Waals surface area contributed by atoms with Crippen LogP contribution in [-0.4, -0.2) is 21.9 Å². The molecule has 6 heteroatoms. The van der Waals surface area contributed by atoms with Crippen molar-refractivity contribution in [1.29, 1.82) is 0 Å². The summed E-state index contributed by atoms with van der Waals surface area (Å²) >= 11 is 1.70. The van der Waals surface area contributed by atoms with Crippen LogP contribution in [-0.2, 0) is 18.9 Å². The van der Waals surface area contributed by atoms with E-state index in [9.17, 15) is 0 Å². The van der Waals surface area contributed by atoms with Crippen molar-refractivity contribution >= 4 is 11.8 Å². The zero-order chi connectivity index (χ0) is 18.4. The Morgan fingerprint density at radius 3 is 2.50 bits per heavy atom. The van der Waals surface area contributed by atoms with E-state index in [2.05, 4.69) is 52.9 Å². The molecular formula is C20H23N3O2S. The fourth-order valence-electron chi connectivity index (χ4n) is 2.62. The molecule has 0 aliphatic rings. The monoisotopic (exact) mass is 369 g/mol. The second-order valence-corrected chi connectivity index (χ2v) is 6.83. The van der Waals surface area contributed by atoms with Gasteiger partial charge in [0.05, 0.1) is 7.11 Å². The van der Waals surface area contributed by atoms with Crippen LogP contribution in [0, 0.1) is 6.92 Å². The Kier molecular flexibility index (Phi) is 6.17. The van der Waals surface area contributed by atoms with Gasteiger partial charge < -0.3 is 14.0 Å². The standard InChI is InChI=1S/C20H23N3O2S/c1-4-23-19(13-25-18-10-8-17(24-3)9-11-18)21-22-20(23)26-14-16-7-5-6-15(2)12-16/h5-12H,4,13-14H2,1-3H3. The molecule has 0 aliphatic heterocycles. The summed E-state index contributed by atoms with van der Waals surface area (Å²) in [7, 11) is 1.65. The number of aromatic nitrogens is 3. The van der Waals surface area contributed by atoms with Gasteiger partial charge in [-0.3, -0.25) is 0 Å². The van der Waals surface area contributed by atoms with Crippen LogP contribution in [0.2, 0.25) is 0 Å². The van der Waals surface area contributed by atoms with Gasteiger partial charge in [-0.2, -0.15) is 0 Å². The van der Waals surface area contributed by atoms with Crippen molar-refractivity contribution in [3.63, 3.8) is 0 Å². The fraction of sp³-hybridized carbons (Fsp3) is 0.300. The van der Waals surface area contributed by atoms with Gasteiger partial charge in [-0.15, -0.1) is 10.2 Å². The molecule has 26 heavy (non-hydrogen) atoms.